The molecule has 4 rings (SSSR count). The van der Waals surface area contributed by atoms with Crippen LogP contribution in [0.5, 0.6) is 0 Å². The van der Waals surface area contributed by atoms with Crippen LogP contribution in [-0.2, 0) is 6.16 Å². The lowest BCUT2D eigenvalue weighted by Crippen LogP contribution is -2.32. The van der Waals surface area contributed by atoms with Crippen molar-refractivity contribution in [3.8, 4) is 0 Å². The molecule has 1 nitrogen and oxygen atoms in total. The molecule has 3 heteroatoms. The molecule has 0 N–H and O–H groups in total. The van der Waals surface area contributed by atoms with Gasteiger partial charge in [-0.15, -0.1) is 0 Å². The highest BCUT2D eigenvalue weighted by Gasteiger charge is 2.46. The van der Waals surface area contributed by atoms with Crippen molar-refractivity contribution in [3.63, 3.8) is 0 Å². The number of hydrogen-bond donors (Lipinski definition) is 0. The van der Waals surface area contributed by atoms with Gasteiger partial charge in [0.1, 0.15) is 29.3 Å². The van der Waals surface area contributed by atoms with Crippen molar-refractivity contribution in [2.75, 3.05) is 0 Å². The van der Waals surface area contributed by atoms with E-state index in [1.165, 1.54) is 32.0 Å². The topological polar surface area (TPSA) is 12.9 Å². The van der Waals surface area contributed by atoms with Crippen LogP contribution in [0, 0.1) is 13.8 Å². The van der Waals surface area contributed by atoms with Crippen LogP contribution < -0.4 is 15.9 Å². The minimum absolute atomic E-state index is 1.01. The molecule has 0 spiro atoms. The molecule has 1 heterocycles. The molecule has 27 heavy (non-hydrogen) atoms. The zero-order chi connectivity index (χ0) is 18.7. The smallest absolute Gasteiger partial charge is 0.116 e. The number of aryl methyl sites for hydroxylation is 2. The molecule has 0 bridgehead atoms. The van der Waals surface area contributed by atoms with Gasteiger partial charge in [-0.25, -0.2) is 0 Å². The first-order valence-electron chi connectivity index (χ1n) is 9.18. The van der Waals surface area contributed by atoms with Crippen LogP contribution in [0.4, 0.5) is 0 Å². The molecule has 134 valence electrons. The fraction of sp³-hybridized carbons (Fsp3) is 0.125. The van der Waals surface area contributed by atoms with Gasteiger partial charge in [-0.2, -0.15) is 4.37 Å². The molecule has 0 aliphatic rings. The molecule has 3 aromatic carbocycles. The van der Waals surface area contributed by atoms with Crippen molar-refractivity contribution < 1.29 is 0 Å². The SMILES string of the molecule is Cc1nsc(C)c1C[P+](c1ccccc1)(c1ccccc1)c1ccccc1. The first-order valence-corrected chi connectivity index (χ1v) is 11.9. The number of aromatic nitrogens is 1. The summed E-state index contributed by atoms with van der Waals surface area (Å²) < 4.78 is 4.64. The van der Waals surface area contributed by atoms with E-state index in [1.54, 1.807) is 11.5 Å². The number of nitrogens with zero attached hydrogens (tertiary/aromatic N) is 1. The highest BCUT2D eigenvalue weighted by Crippen LogP contribution is 2.58. The first kappa shape index (κ1) is 18.1. The van der Waals surface area contributed by atoms with Gasteiger partial charge >= 0.3 is 0 Å². The Labute approximate surface area is 166 Å². The van der Waals surface area contributed by atoms with Crippen molar-refractivity contribution in [3.05, 3.63) is 107 Å². The Bertz CT molecular complexity index is 894. The van der Waals surface area contributed by atoms with Crippen molar-refractivity contribution in [2.24, 2.45) is 0 Å². The summed E-state index contributed by atoms with van der Waals surface area (Å²) >= 11 is 1.63. The summed E-state index contributed by atoms with van der Waals surface area (Å²) in [5.41, 5.74) is 2.58. The van der Waals surface area contributed by atoms with E-state index in [0.29, 0.717) is 0 Å². The zero-order valence-corrected chi connectivity index (χ0v) is 17.4. The van der Waals surface area contributed by atoms with E-state index in [-0.39, 0.29) is 0 Å². The highest BCUT2D eigenvalue weighted by molar-refractivity contribution is 7.95. The van der Waals surface area contributed by atoms with Gasteiger partial charge in [0.15, 0.2) is 0 Å². The maximum Gasteiger partial charge on any atom is 0.116 e. The lowest BCUT2D eigenvalue weighted by molar-refractivity contribution is 1.23. The van der Waals surface area contributed by atoms with E-state index < -0.39 is 7.26 Å². The van der Waals surface area contributed by atoms with Crippen molar-refractivity contribution in [2.45, 2.75) is 20.0 Å². The second-order valence-electron chi connectivity index (χ2n) is 6.78. The van der Waals surface area contributed by atoms with Gasteiger partial charge in [0.25, 0.3) is 0 Å². The Balaban J connectivity index is 2.03. The van der Waals surface area contributed by atoms with E-state index in [9.17, 15) is 0 Å². The van der Waals surface area contributed by atoms with E-state index in [4.69, 9.17) is 0 Å². The Morgan fingerprint density at radius 1 is 0.667 bits per heavy atom. The predicted molar refractivity (Wildman–Crippen MR) is 120 cm³/mol. The van der Waals surface area contributed by atoms with Crippen molar-refractivity contribution >= 4 is 34.7 Å². The van der Waals surface area contributed by atoms with Gasteiger partial charge in [0.05, 0.1) is 5.69 Å². The predicted octanol–water partition coefficient (Wildman–Crippen LogP) is 5.25. The summed E-state index contributed by atoms with van der Waals surface area (Å²) in [7, 11) is -1.83. The van der Waals surface area contributed by atoms with Crippen LogP contribution in [-0.4, -0.2) is 4.37 Å². The highest BCUT2D eigenvalue weighted by atomic mass is 32.1. The molecule has 0 amide bonds. The monoisotopic (exact) mass is 388 g/mol. The molecule has 0 radical (unpaired) electrons. The number of benzene rings is 3. The molecule has 0 aliphatic heterocycles. The Morgan fingerprint density at radius 2 is 1.07 bits per heavy atom. The third-order valence-electron chi connectivity index (χ3n) is 5.17. The quantitative estimate of drug-likeness (QED) is 0.425. The summed E-state index contributed by atoms with van der Waals surface area (Å²) in [6.45, 7) is 4.35. The number of hydrogen-bond acceptors (Lipinski definition) is 2. The van der Waals surface area contributed by atoms with Crippen LogP contribution in [0.25, 0.3) is 0 Å². The lowest BCUT2D eigenvalue weighted by atomic mass is 10.2. The zero-order valence-electron chi connectivity index (χ0n) is 15.7. The molecular weight excluding hydrogens is 365 g/mol. The molecule has 0 saturated carbocycles. The average Bonchev–Trinajstić information content (AvgIpc) is 3.05. The molecule has 4 aromatic rings. The largest absolute Gasteiger partial charge is 0.197 e. The summed E-state index contributed by atoms with van der Waals surface area (Å²) in [5.74, 6) is 0. The molecule has 1 aromatic heterocycles. The number of rotatable bonds is 5. The molecule has 0 fully saturated rings. The van der Waals surface area contributed by atoms with Crippen LogP contribution in [0.3, 0.4) is 0 Å². The second kappa shape index (κ2) is 7.76. The van der Waals surface area contributed by atoms with Crippen LogP contribution in [0.1, 0.15) is 16.1 Å². The molecular formula is C24H23NPS+. The minimum Gasteiger partial charge on any atom is -0.197 e. The summed E-state index contributed by atoms with van der Waals surface area (Å²) in [6.07, 6.45) is 1.01. The Hall–Kier alpha value is -2.28. The van der Waals surface area contributed by atoms with Crippen LogP contribution >= 0.6 is 18.8 Å². The van der Waals surface area contributed by atoms with E-state index in [1.807, 2.05) is 0 Å². The maximum absolute atomic E-state index is 4.64. The summed E-state index contributed by atoms with van der Waals surface area (Å²) in [4.78, 5) is 1.33. The average molecular weight is 388 g/mol. The van der Waals surface area contributed by atoms with Gasteiger partial charge in [-0.05, 0) is 61.8 Å². The third-order valence-corrected chi connectivity index (χ3v) is 10.4. The van der Waals surface area contributed by atoms with Gasteiger partial charge in [0, 0.05) is 10.4 Å². The third kappa shape index (κ3) is 3.36. The summed E-state index contributed by atoms with van der Waals surface area (Å²) in [5, 5.41) is 4.27. The summed E-state index contributed by atoms with van der Waals surface area (Å²) in [6, 6.07) is 33.2. The van der Waals surface area contributed by atoms with Gasteiger partial charge in [-0.1, -0.05) is 54.6 Å². The minimum atomic E-state index is -1.83. The van der Waals surface area contributed by atoms with Crippen molar-refractivity contribution in [1.82, 2.24) is 4.37 Å². The molecule has 0 atom stereocenters. The van der Waals surface area contributed by atoms with Crippen LogP contribution in [0.15, 0.2) is 91.0 Å². The lowest BCUT2D eigenvalue weighted by Gasteiger charge is -2.28. The molecule has 0 aliphatic carbocycles. The molecule has 0 saturated heterocycles. The van der Waals surface area contributed by atoms with Gasteiger partial charge in [0.2, 0.25) is 0 Å². The first-order chi connectivity index (χ1) is 13.2. The van der Waals surface area contributed by atoms with Gasteiger partial charge < -0.3 is 0 Å². The van der Waals surface area contributed by atoms with E-state index in [0.717, 1.165) is 6.16 Å². The fourth-order valence-corrected chi connectivity index (χ4v) is 8.98. The maximum atomic E-state index is 4.64. The van der Waals surface area contributed by atoms with Gasteiger partial charge in [-0.3, -0.25) is 0 Å². The van der Waals surface area contributed by atoms with E-state index in [2.05, 4.69) is 109 Å². The Morgan fingerprint density at radius 3 is 1.41 bits per heavy atom. The second-order valence-corrected chi connectivity index (χ2v) is 11.2. The standard InChI is InChI=1S/C24H23NPS/c1-19-24(20(2)27-25-19)18-26(21-12-6-3-7-13-21,22-14-8-4-9-15-22)23-16-10-5-11-17-23/h3-17H,18H2,1-2H3/q+1. The van der Waals surface area contributed by atoms with Crippen molar-refractivity contribution in [1.29, 1.82) is 0 Å². The van der Waals surface area contributed by atoms with Crippen LogP contribution in [0.2, 0.25) is 0 Å². The Kier molecular flexibility index (Phi) is 5.20. The van der Waals surface area contributed by atoms with E-state index >= 15 is 0 Å². The normalized spacial score (nSPS) is 11.5. The fourth-order valence-electron chi connectivity index (χ4n) is 3.73. The molecule has 0 unspecified atom stereocenters.